The van der Waals surface area contributed by atoms with Crippen molar-refractivity contribution in [3.8, 4) is 5.75 Å². The second kappa shape index (κ2) is 8.40. The molecule has 0 aliphatic rings. The van der Waals surface area contributed by atoms with Gasteiger partial charge in [0.15, 0.2) is 0 Å². The number of anilines is 1. The zero-order valence-electron chi connectivity index (χ0n) is 15.8. The Morgan fingerprint density at radius 1 is 1.22 bits per heavy atom. The summed E-state index contributed by atoms with van der Waals surface area (Å²) in [5.74, 6) is 0.757. The molecule has 2 N–H and O–H groups in total. The quantitative estimate of drug-likeness (QED) is 0.691. The third-order valence-corrected chi connectivity index (χ3v) is 4.36. The fourth-order valence-corrected chi connectivity index (χ4v) is 2.97. The number of hydrogen-bond acceptors (Lipinski definition) is 3. The number of urea groups is 1. The number of benzene rings is 2. The van der Waals surface area contributed by atoms with E-state index in [1.54, 1.807) is 13.3 Å². The number of hydrogen-bond donors (Lipinski definition) is 2. The van der Waals surface area contributed by atoms with Gasteiger partial charge in [-0.25, -0.2) is 4.79 Å². The predicted molar refractivity (Wildman–Crippen MR) is 106 cm³/mol. The first-order chi connectivity index (χ1) is 13.1. The van der Waals surface area contributed by atoms with E-state index in [0.717, 1.165) is 28.1 Å². The number of para-hydroxylation sites is 1. The predicted octanol–water partition coefficient (Wildman–Crippen LogP) is 4.13. The Labute approximate surface area is 159 Å². The van der Waals surface area contributed by atoms with Crippen LogP contribution in [0.15, 0.2) is 60.9 Å². The molecule has 0 fully saturated rings. The van der Waals surface area contributed by atoms with Crippen molar-refractivity contribution in [1.29, 1.82) is 0 Å². The molecule has 1 atom stereocenters. The molecule has 1 heterocycles. The zero-order chi connectivity index (χ0) is 19.2. The van der Waals surface area contributed by atoms with E-state index < -0.39 is 0 Å². The third-order valence-electron chi connectivity index (χ3n) is 4.36. The number of ether oxygens (including phenoxy) is 1. The van der Waals surface area contributed by atoms with Gasteiger partial charge >= 0.3 is 6.03 Å². The highest BCUT2D eigenvalue weighted by molar-refractivity contribution is 5.90. The van der Waals surface area contributed by atoms with Crippen LogP contribution in [0.4, 0.5) is 10.5 Å². The van der Waals surface area contributed by atoms with Crippen LogP contribution in [0.5, 0.6) is 5.75 Å². The smallest absolute Gasteiger partial charge is 0.319 e. The van der Waals surface area contributed by atoms with Gasteiger partial charge in [0.25, 0.3) is 0 Å². The lowest BCUT2D eigenvalue weighted by Gasteiger charge is -2.19. The number of nitrogens with one attached hydrogen (secondary N) is 2. The van der Waals surface area contributed by atoms with Crippen LogP contribution in [0.1, 0.15) is 29.7 Å². The average molecular weight is 364 g/mol. The topological polar surface area (TPSA) is 68.2 Å². The normalized spacial score (nSPS) is 11.7. The maximum Gasteiger partial charge on any atom is 0.319 e. The highest BCUT2D eigenvalue weighted by Crippen LogP contribution is 2.26. The number of nitrogens with zero attached hydrogens (tertiary/aromatic N) is 2. The van der Waals surface area contributed by atoms with Gasteiger partial charge < -0.3 is 15.4 Å². The van der Waals surface area contributed by atoms with Crippen LogP contribution >= 0.6 is 0 Å². The van der Waals surface area contributed by atoms with Gasteiger partial charge in [-0.15, -0.1) is 0 Å². The lowest BCUT2D eigenvalue weighted by Crippen LogP contribution is -2.31. The largest absolute Gasteiger partial charge is 0.496 e. The van der Waals surface area contributed by atoms with Crippen molar-refractivity contribution in [1.82, 2.24) is 15.1 Å². The molecule has 0 aliphatic heterocycles. The summed E-state index contributed by atoms with van der Waals surface area (Å²) >= 11 is 0. The molecular weight excluding hydrogens is 340 g/mol. The van der Waals surface area contributed by atoms with Crippen molar-refractivity contribution in [2.24, 2.45) is 0 Å². The van der Waals surface area contributed by atoms with E-state index in [2.05, 4.69) is 15.7 Å². The van der Waals surface area contributed by atoms with Crippen molar-refractivity contribution in [2.45, 2.75) is 26.4 Å². The lowest BCUT2D eigenvalue weighted by atomic mass is 10.0. The second-order valence-electron chi connectivity index (χ2n) is 6.43. The zero-order valence-corrected chi connectivity index (χ0v) is 15.8. The summed E-state index contributed by atoms with van der Waals surface area (Å²) in [6, 6.07) is 15.0. The van der Waals surface area contributed by atoms with Crippen molar-refractivity contribution < 1.29 is 9.53 Å². The van der Waals surface area contributed by atoms with E-state index in [1.165, 1.54) is 0 Å². The summed E-state index contributed by atoms with van der Waals surface area (Å²) < 4.78 is 7.24. The van der Waals surface area contributed by atoms with Gasteiger partial charge in [-0.2, -0.15) is 5.10 Å². The average Bonchev–Trinajstić information content (AvgIpc) is 3.16. The van der Waals surface area contributed by atoms with Crippen LogP contribution < -0.4 is 15.4 Å². The number of aryl methyl sites for hydroxylation is 1. The van der Waals surface area contributed by atoms with Crippen LogP contribution in [-0.2, 0) is 6.54 Å². The highest BCUT2D eigenvalue weighted by Gasteiger charge is 2.15. The third kappa shape index (κ3) is 4.67. The standard InChI is InChI=1S/C21H24N4O2/c1-15-9-10-20(27-3)18(13-15)16(2)23-21(26)24-19-8-5-4-7-17(19)14-25-12-6-11-22-25/h4-13,16H,14H2,1-3H3,(H2,23,24,26). The molecule has 3 rings (SSSR count). The maximum atomic E-state index is 12.5. The summed E-state index contributed by atoms with van der Waals surface area (Å²) in [4.78, 5) is 12.5. The van der Waals surface area contributed by atoms with Crippen molar-refractivity contribution in [2.75, 3.05) is 12.4 Å². The van der Waals surface area contributed by atoms with Gasteiger partial charge in [-0.1, -0.05) is 35.9 Å². The number of amides is 2. The molecule has 0 saturated heterocycles. The Morgan fingerprint density at radius 3 is 2.78 bits per heavy atom. The van der Waals surface area contributed by atoms with E-state index in [9.17, 15) is 4.79 Å². The Hall–Kier alpha value is -3.28. The molecule has 1 unspecified atom stereocenters. The fourth-order valence-electron chi connectivity index (χ4n) is 2.97. The molecule has 0 radical (unpaired) electrons. The van der Waals surface area contributed by atoms with Crippen LogP contribution in [0.2, 0.25) is 0 Å². The first-order valence-electron chi connectivity index (χ1n) is 8.84. The summed E-state index contributed by atoms with van der Waals surface area (Å²) in [7, 11) is 1.63. The number of carbonyl (C=O) groups is 1. The Kier molecular flexibility index (Phi) is 5.76. The van der Waals surface area contributed by atoms with Gasteiger partial charge in [-0.05, 0) is 37.6 Å². The Bertz CT molecular complexity index is 906. The summed E-state index contributed by atoms with van der Waals surface area (Å²) in [5, 5.41) is 10.1. The van der Waals surface area contributed by atoms with Gasteiger partial charge in [0.1, 0.15) is 5.75 Å². The molecule has 6 nitrogen and oxygen atoms in total. The molecule has 0 aliphatic carbocycles. The maximum absolute atomic E-state index is 12.5. The van der Waals surface area contributed by atoms with Crippen LogP contribution in [0.25, 0.3) is 0 Å². The first-order valence-corrected chi connectivity index (χ1v) is 8.84. The fraction of sp³-hybridized carbons (Fsp3) is 0.238. The minimum absolute atomic E-state index is 0.196. The number of methoxy groups -OCH3 is 1. The Balaban J connectivity index is 1.70. The van der Waals surface area contributed by atoms with Gasteiger partial charge in [-0.3, -0.25) is 4.68 Å². The van der Waals surface area contributed by atoms with Crippen molar-refractivity contribution >= 4 is 11.7 Å². The molecule has 2 amide bonds. The molecular formula is C21H24N4O2. The molecule has 6 heteroatoms. The number of aromatic nitrogens is 2. The second-order valence-corrected chi connectivity index (χ2v) is 6.43. The van der Waals surface area contributed by atoms with Gasteiger partial charge in [0.05, 0.1) is 19.7 Å². The highest BCUT2D eigenvalue weighted by atomic mass is 16.5. The molecule has 140 valence electrons. The molecule has 2 aromatic carbocycles. The first kappa shape index (κ1) is 18.5. The molecule has 0 saturated carbocycles. The molecule has 1 aromatic heterocycles. The van der Waals surface area contributed by atoms with Gasteiger partial charge in [0, 0.05) is 23.6 Å². The Morgan fingerprint density at radius 2 is 2.04 bits per heavy atom. The van der Waals surface area contributed by atoms with Crippen LogP contribution in [0.3, 0.4) is 0 Å². The van der Waals surface area contributed by atoms with E-state index in [1.807, 2.05) is 73.3 Å². The molecule has 0 bridgehead atoms. The number of rotatable bonds is 6. The van der Waals surface area contributed by atoms with Crippen molar-refractivity contribution in [3.05, 3.63) is 77.6 Å². The summed E-state index contributed by atoms with van der Waals surface area (Å²) in [6.45, 7) is 4.54. The molecule has 0 spiro atoms. The number of carbonyl (C=O) groups excluding carboxylic acids is 1. The van der Waals surface area contributed by atoms with Crippen LogP contribution in [0, 0.1) is 6.92 Å². The minimum Gasteiger partial charge on any atom is -0.496 e. The van der Waals surface area contributed by atoms with E-state index in [4.69, 9.17) is 4.74 Å². The lowest BCUT2D eigenvalue weighted by molar-refractivity contribution is 0.249. The summed E-state index contributed by atoms with van der Waals surface area (Å²) in [5.41, 5.74) is 3.80. The van der Waals surface area contributed by atoms with Crippen molar-refractivity contribution in [3.63, 3.8) is 0 Å². The molecule has 27 heavy (non-hydrogen) atoms. The SMILES string of the molecule is COc1ccc(C)cc1C(C)NC(=O)Nc1ccccc1Cn1cccn1. The van der Waals surface area contributed by atoms with E-state index in [0.29, 0.717) is 6.54 Å². The van der Waals surface area contributed by atoms with E-state index >= 15 is 0 Å². The van der Waals surface area contributed by atoms with Gasteiger partial charge in [0.2, 0.25) is 0 Å². The summed E-state index contributed by atoms with van der Waals surface area (Å²) in [6.07, 6.45) is 3.63. The molecule has 3 aromatic rings. The van der Waals surface area contributed by atoms with Crippen LogP contribution in [-0.4, -0.2) is 22.9 Å². The minimum atomic E-state index is -0.265. The monoisotopic (exact) mass is 364 g/mol. The van der Waals surface area contributed by atoms with E-state index in [-0.39, 0.29) is 12.1 Å².